The number of nitrogens with one attached hydrogen (secondary N) is 2. The number of methoxy groups -OCH3 is 1. The number of ether oxygens (including phenoxy) is 2. The van der Waals surface area contributed by atoms with E-state index in [1.165, 1.54) is 4.90 Å². The first-order valence-corrected chi connectivity index (χ1v) is 18.7. The third-order valence-electron chi connectivity index (χ3n) is 10.1. The van der Waals surface area contributed by atoms with Crippen LogP contribution in [0.5, 0.6) is 11.6 Å². The zero-order chi connectivity index (χ0) is 35.2. The summed E-state index contributed by atoms with van der Waals surface area (Å²) in [6.45, 7) is 2.52. The van der Waals surface area contributed by atoms with E-state index in [9.17, 15) is 22.8 Å². The molecular weight excluding hydrogens is 660 g/mol. The van der Waals surface area contributed by atoms with E-state index in [1.54, 1.807) is 19.1 Å². The summed E-state index contributed by atoms with van der Waals surface area (Å²) in [5.74, 6) is -0.223. The first kappa shape index (κ1) is 33.8. The number of urea groups is 1. The van der Waals surface area contributed by atoms with Crippen molar-refractivity contribution in [2.24, 2.45) is 5.92 Å². The van der Waals surface area contributed by atoms with E-state index >= 15 is 0 Å². The summed E-state index contributed by atoms with van der Waals surface area (Å²) in [6, 6.07) is 11.9. The van der Waals surface area contributed by atoms with Crippen molar-refractivity contribution in [3.8, 4) is 23.0 Å². The van der Waals surface area contributed by atoms with E-state index in [0.29, 0.717) is 47.7 Å². The Labute approximate surface area is 291 Å². The molecule has 14 heteroatoms. The highest BCUT2D eigenvalue weighted by Crippen LogP contribution is 2.46. The monoisotopic (exact) mass is 702 g/mol. The number of amides is 4. The molecule has 2 aromatic carbocycles. The lowest BCUT2D eigenvalue weighted by Crippen LogP contribution is -2.57. The van der Waals surface area contributed by atoms with Gasteiger partial charge >= 0.3 is 6.03 Å². The third-order valence-corrected chi connectivity index (χ3v) is 11.9. The molecule has 4 unspecified atom stereocenters. The normalized spacial score (nSPS) is 25.7. The summed E-state index contributed by atoms with van der Waals surface area (Å²) >= 11 is 0. The molecular formula is C36H42N6O7S. The van der Waals surface area contributed by atoms with E-state index in [4.69, 9.17) is 19.4 Å². The molecule has 3 heterocycles. The average Bonchev–Trinajstić information content (AvgIpc) is 4.03. The molecule has 4 aliphatic rings. The maximum absolute atomic E-state index is 14.2. The molecule has 13 nitrogen and oxygen atoms in total. The topological polar surface area (TPSA) is 160 Å². The number of nitrogens with zero attached hydrogens (tertiary/aromatic N) is 4. The first-order valence-electron chi connectivity index (χ1n) is 17.1. The van der Waals surface area contributed by atoms with Gasteiger partial charge in [0.2, 0.25) is 21.8 Å². The highest BCUT2D eigenvalue weighted by Gasteiger charge is 2.62. The number of fused-ring (bicyclic) bond motifs is 3. The first-order chi connectivity index (χ1) is 24.0. The maximum atomic E-state index is 14.2. The van der Waals surface area contributed by atoms with Crippen molar-refractivity contribution < 1.29 is 32.3 Å². The molecule has 2 saturated carbocycles. The minimum absolute atomic E-state index is 0.0984. The average molecular weight is 703 g/mol. The second kappa shape index (κ2) is 13.2. The summed E-state index contributed by atoms with van der Waals surface area (Å²) in [5.41, 5.74) is 0.839. The molecule has 3 aromatic rings. The predicted octanol–water partition coefficient (Wildman–Crippen LogP) is 3.71. The highest BCUT2D eigenvalue weighted by atomic mass is 32.2. The zero-order valence-corrected chi connectivity index (χ0v) is 29.2. The predicted molar refractivity (Wildman–Crippen MR) is 186 cm³/mol. The van der Waals surface area contributed by atoms with Crippen LogP contribution in [0.15, 0.2) is 54.6 Å². The lowest BCUT2D eigenvalue weighted by molar-refractivity contribution is -0.131. The molecule has 1 saturated heterocycles. The number of hydrogen-bond donors (Lipinski definition) is 2. The van der Waals surface area contributed by atoms with Gasteiger partial charge in [0.15, 0.2) is 5.82 Å². The van der Waals surface area contributed by atoms with Crippen LogP contribution in [0.4, 0.5) is 4.79 Å². The van der Waals surface area contributed by atoms with Gasteiger partial charge in [-0.05, 0) is 57.1 Å². The fourth-order valence-corrected chi connectivity index (χ4v) is 8.28. The molecule has 0 spiro atoms. The van der Waals surface area contributed by atoms with Crippen LogP contribution in [0, 0.1) is 12.8 Å². The Morgan fingerprint density at radius 2 is 1.88 bits per heavy atom. The van der Waals surface area contributed by atoms with E-state index in [1.807, 2.05) is 61.5 Å². The van der Waals surface area contributed by atoms with Crippen LogP contribution in [0.2, 0.25) is 0 Å². The van der Waals surface area contributed by atoms with E-state index < -0.39 is 44.8 Å². The van der Waals surface area contributed by atoms with Gasteiger partial charge in [-0.15, -0.1) is 0 Å². The quantitative estimate of drug-likeness (QED) is 0.350. The number of carbonyl (C=O) groups excluding carboxylic acids is 3. The van der Waals surface area contributed by atoms with Crippen LogP contribution in [-0.4, -0.2) is 96.2 Å². The number of aryl methyl sites for hydroxylation is 1. The minimum Gasteiger partial charge on any atom is -0.496 e. The van der Waals surface area contributed by atoms with Gasteiger partial charge in [-0.3, -0.25) is 14.3 Å². The second-order valence-corrected chi connectivity index (χ2v) is 15.7. The summed E-state index contributed by atoms with van der Waals surface area (Å²) in [5, 5.41) is 2.97. The zero-order valence-electron chi connectivity index (χ0n) is 28.4. The van der Waals surface area contributed by atoms with Crippen molar-refractivity contribution in [1.29, 1.82) is 0 Å². The number of sulfonamides is 1. The molecule has 1 aromatic heterocycles. The molecule has 0 bridgehead atoms. The van der Waals surface area contributed by atoms with Crippen molar-refractivity contribution in [3.05, 3.63) is 60.2 Å². The third kappa shape index (κ3) is 6.60. The van der Waals surface area contributed by atoms with Crippen LogP contribution in [-0.2, 0) is 19.6 Å². The molecule has 2 aliphatic carbocycles. The Kier molecular flexibility index (Phi) is 8.91. The molecule has 3 fully saturated rings. The maximum Gasteiger partial charge on any atom is 0.320 e. The number of rotatable bonds is 7. The number of allylic oxidation sites excluding steroid dienone is 1. The fraction of sp³-hybridized carbons (Fsp3) is 0.472. The van der Waals surface area contributed by atoms with Gasteiger partial charge in [0, 0.05) is 37.6 Å². The smallest absolute Gasteiger partial charge is 0.320 e. The summed E-state index contributed by atoms with van der Waals surface area (Å²) in [7, 11) is -0.529. The van der Waals surface area contributed by atoms with Gasteiger partial charge in [0.05, 0.1) is 29.8 Å². The van der Waals surface area contributed by atoms with Gasteiger partial charge in [-0.25, -0.2) is 18.2 Å². The number of benzene rings is 2. The molecule has 4 atom stereocenters. The molecule has 0 radical (unpaired) electrons. The second-order valence-electron chi connectivity index (χ2n) is 13.8. The summed E-state index contributed by atoms with van der Waals surface area (Å²) in [4.78, 5) is 54.3. The van der Waals surface area contributed by atoms with Crippen molar-refractivity contribution in [1.82, 2.24) is 29.8 Å². The van der Waals surface area contributed by atoms with Crippen molar-refractivity contribution in [3.63, 3.8) is 0 Å². The summed E-state index contributed by atoms with van der Waals surface area (Å²) in [6.07, 6.45) is 6.94. The van der Waals surface area contributed by atoms with Crippen molar-refractivity contribution >= 4 is 38.8 Å². The Bertz CT molecular complexity index is 1970. The molecule has 7 rings (SSSR count). The number of aromatic nitrogens is 2. The summed E-state index contributed by atoms with van der Waals surface area (Å²) < 4.78 is 39.9. The molecule has 2 aliphatic heterocycles. The largest absolute Gasteiger partial charge is 0.496 e. The van der Waals surface area contributed by atoms with Crippen LogP contribution >= 0.6 is 0 Å². The van der Waals surface area contributed by atoms with E-state index in [-0.39, 0.29) is 31.3 Å². The van der Waals surface area contributed by atoms with Crippen molar-refractivity contribution in [2.45, 2.75) is 74.8 Å². The van der Waals surface area contributed by atoms with Gasteiger partial charge in [-0.1, -0.05) is 42.5 Å². The Morgan fingerprint density at radius 3 is 2.62 bits per heavy atom. The minimum atomic E-state index is -3.84. The Morgan fingerprint density at radius 1 is 1.10 bits per heavy atom. The lowest BCUT2D eigenvalue weighted by Gasteiger charge is -2.30. The molecule has 264 valence electrons. The van der Waals surface area contributed by atoms with Gasteiger partial charge in [0.25, 0.3) is 5.91 Å². The molecule has 2 N–H and O–H groups in total. The lowest BCUT2D eigenvalue weighted by atomic mass is 10.1. The van der Waals surface area contributed by atoms with Gasteiger partial charge in [0.1, 0.15) is 23.4 Å². The van der Waals surface area contributed by atoms with Crippen LogP contribution in [0.3, 0.4) is 0 Å². The standard InChI is InChI=1S/C36H42N6O7S/c1-22-17-27-28(19-30(22)48-3)37-31(23-11-7-6-8-12-23)38-33(27)49-25-18-29-32(43)39-36(34(44)40-50(46,47)26-14-15-26)20-24(36)13-9-4-5-10-16-41(2)35(45)42(29)21-25/h6-9,11-13,17,19,24-26,29H,4-5,10,14-16,18,20-21H2,1-3H3,(H,39,43)(H,40,44). The Balaban J connectivity index is 1.21. The van der Waals surface area contributed by atoms with Crippen LogP contribution < -0.4 is 19.5 Å². The van der Waals surface area contributed by atoms with Gasteiger partial charge < -0.3 is 24.6 Å². The van der Waals surface area contributed by atoms with Crippen molar-refractivity contribution in [2.75, 3.05) is 27.2 Å². The molecule has 4 amide bonds. The van der Waals surface area contributed by atoms with Crippen LogP contribution in [0.1, 0.15) is 50.5 Å². The number of carbonyl (C=O) groups is 3. The van der Waals surface area contributed by atoms with Crippen LogP contribution in [0.25, 0.3) is 22.3 Å². The fourth-order valence-electron chi connectivity index (χ4n) is 6.92. The Hall–Kier alpha value is -4.72. The molecule has 50 heavy (non-hydrogen) atoms. The SMILES string of the molecule is COc1cc2nc(-c3ccccc3)nc(OC3CC4C(=O)NC5(C(=O)NS(=O)(=O)C6CC6)CC5C=CCCCCN(C)C(=O)N4C3)c2cc1C. The van der Waals surface area contributed by atoms with Gasteiger partial charge in [-0.2, -0.15) is 4.98 Å². The van der Waals surface area contributed by atoms with E-state index in [2.05, 4.69) is 10.0 Å². The highest BCUT2D eigenvalue weighted by molar-refractivity contribution is 7.91. The van der Waals surface area contributed by atoms with E-state index in [0.717, 1.165) is 30.4 Å². The number of hydrogen-bond acceptors (Lipinski definition) is 9.